The average molecular weight is 257 g/mol. The first-order valence-electron chi connectivity index (χ1n) is 6.29. The molecule has 0 aliphatic rings. The molecule has 1 atom stereocenters. The lowest BCUT2D eigenvalue weighted by atomic mass is 10.1. The number of benzene rings is 1. The van der Waals surface area contributed by atoms with Gasteiger partial charge in [-0.3, -0.25) is 4.79 Å². The van der Waals surface area contributed by atoms with Gasteiger partial charge in [0.05, 0.1) is 6.54 Å². The molecule has 0 aliphatic carbocycles. The second kappa shape index (κ2) is 5.71. The first-order valence-corrected chi connectivity index (χ1v) is 6.29. The summed E-state index contributed by atoms with van der Waals surface area (Å²) in [7, 11) is 1.98. The van der Waals surface area contributed by atoms with E-state index in [2.05, 4.69) is 5.32 Å². The second-order valence-corrected chi connectivity index (χ2v) is 4.63. The van der Waals surface area contributed by atoms with Crippen LogP contribution in [0.3, 0.4) is 0 Å². The molecule has 0 saturated heterocycles. The summed E-state index contributed by atoms with van der Waals surface area (Å²) >= 11 is 0. The maximum absolute atomic E-state index is 12.0. The molecule has 2 rings (SSSR count). The van der Waals surface area contributed by atoms with Gasteiger partial charge in [-0.2, -0.15) is 0 Å². The van der Waals surface area contributed by atoms with Crippen LogP contribution in [0.5, 0.6) is 0 Å². The van der Waals surface area contributed by atoms with Crippen LogP contribution in [0.1, 0.15) is 23.0 Å². The predicted octanol–water partition coefficient (Wildman–Crippen LogP) is 1.65. The number of carbonyl (C=O) groups excluding carboxylic acids is 1. The molecule has 0 spiro atoms. The van der Waals surface area contributed by atoms with E-state index in [4.69, 9.17) is 5.73 Å². The highest BCUT2D eigenvalue weighted by atomic mass is 16.2. The topological polar surface area (TPSA) is 60.1 Å². The smallest absolute Gasteiger partial charge is 0.241 e. The van der Waals surface area contributed by atoms with Crippen molar-refractivity contribution in [1.29, 1.82) is 0 Å². The minimum Gasteiger partial charge on any atom is -0.350 e. The number of carbonyl (C=O) groups is 1. The fraction of sp³-hybridized carbons (Fsp3) is 0.267. The zero-order valence-electron chi connectivity index (χ0n) is 11.3. The summed E-state index contributed by atoms with van der Waals surface area (Å²) in [5.41, 5.74) is 8.97. The second-order valence-electron chi connectivity index (χ2n) is 4.63. The number of nitrogens with zero attached hydrogens (tertiary/aromatic N) is 1. The number of rotatable bonds is 4. The van der Waals surface area contributed by atoms with Crippen LogP contribution in [0, 0.1) is 6.92 Å². The molecule has 1 heterocycles. The van der Waals surface area contributed by atoms with Gasteiger partial charge in [-0.25, -0.2) is 0 Å². The van der Waals surface area contributed by atoms with Crippen LogP contribution in [0.4, 0.5) is 0 Å². The average Bonchev–Trinajstić information content (AvgIpc) is 2.76. The summed E-state index contributed by atoms with van der Waals surface area (Å²) in [6, 6.07) is 12.8. The van der Waals surface area contributed by atoms with Crippen molar-refractivity contribution in [2.24, 2.45) is 12.8 Å². The molecule has 3 N–H and O–H groups in total. The van der Waals surface area contributed by atoms with Crippen molar-refractivity contribution in [3.8, 4) is 0 Å². The molecule has 0 radical (unpaired) electrons. The van der Waals surface area contributed by atoms with Gasteiger partial charge in [0.1, 0.15) is 6.04 Å². The maximum atomic E-state index is 12.0. The summed E-state index contributed by atoms with van der Waals surface area (Å²) in [4.78, 5) is 12.0. The molecule has 1 aromatic heterocycles. The van der Waals surface area contributed by atoms with Crippen molar-refractivity contribution in [3.63, 3.8) is 0 Å². The summed E-state index contributed by atoms with van der Waals surface area (Å²) < 4.78 is 2.05. The van der Waals surface area contributed by atoms with E-state index in [-0.39, 0.29) is 5.91 Å². The van der Waals surface area contributed by atoms with Crippen molar-refractivity contribution in [1.82, 2.24) is 9.88 Å². The van der Waals surface area contributed by atoms with E-state index in [0.29, 0.717) is 6.54 Å². The molecular formula is C15H19N3O. The van der Waals surface area contributed by atoms with Gasteiger partial charge < -0.3 is 15.6 Å². The molecule has 0 aliphatic heterocycles. The summed E-state index contributed by atoms with van der Waals surface area (Å²) in [5.74, 6) is -0.162. The van der Waals surface area contributed by atoms with E-state index >= 15 is 0 Å². The molecule has 2 aromatic rings. The molecule has 4 nitrogen and oxygen atoms in total. The lowest BCUT2D eigenvalue weighted by molar-refractivity contribution is -0.122. The van der Waals surface area contributed by atoms with Crippen LogP contribution in [0.25, 0.3) is 0 Å². The summed E-state index contributed by atoms with van der Waals surface area (Å²) in [6.07, 6.45) is 0. The van der Waals surface area contributed by atoms with Crippen molar-refractivity contribution >= 4 is 5.91 Å². The zero-order valence-corrected chi connectivity index (χ0v) is 11.3. The third kappa shape index (κ3) is 3.03. The fourth-order valence-electron chi connectivity index (χ4n) is 1.94. The molecule has 19 heavy (non-hydrogen) atoms. The Bertz CT molecular complexity index is 560. The molecule has 0 saturated carbocycles. The number of hydrogen-bond donors (Lipinski definition) is 2. The SMILES string of the molecule is Cc1ccc(CNC(=O)[C@H](N)c2ccccc2)n1C. The minimum absolute atomic E-state index is 0.162. The lowest BCUT2D eigenvalue weighted by Crippen LogP contribution is -2.34. The van der Waals surface area contributed by atoms with Crippen LogP contribution < -0.4 is 11.1 Å². The first kappa shape index (κ1) is 13.4. The van der Waals surface area contributed by atoms with E-state index < -0.39 is 6.04 Å². The van der Waals surface area contributed by atoms with Gasteiger partial charge in [-0.1, -0.05) is 30.3 Å². The number of nitrogens with two attached hydrogens (primary N) is 1. The number of aryl methyl sites for hydroxylation is 1. The normalized spacial score (nSPS) is 12.2. The quantitative estimate of drug-likeness (QED) is 0.875. The Balaban J connectivity index is 1.97. The Morgan fingerprint density at radius 2 is 1.95 bits per heavy atom. The van der Waals surface area contributed by atoms with Crippen LogP contribution in [-0.4, -0.2) is 10.5 Å². The van der Waals surface area contributed by atoms with Gasteiger partial charge in [0, 0.05) is 18.4 Å². The van der Waals surface area contributed by atoms with Gasteiger partial charge in [-0.05, 0) is 24.6 Å². The van der Waals surface area contributed by atoms with E-state index in [1.165, 1.54) is 0 Å². The van der Waals surface area contributed by atoms with E-state index in [9.17, 15) is 4.79 Å². The number of hydrogen-bond acceptors (Lipinski definition) is 2. The van der Waals surface area contributed by atoms with Gasteiger partial charge >= 0.3 is 0 Å². The van der Waals surface area contributed by atoms with Crippen LogP contribution in [0.15, 0.2) is 42.5 Å². The molecule has 100 valence electrons. The van der Waals surface area contributed by atoms with E-state index in [0.717, 1.165) is 17.0 Å². The molecular weight excluding hydrogens is 238 g/mol. The van der Waals surface area contributed by atoms with Gasteiger partial charge in [0.25, 0.3) is 0 Å². The minimum atomic E-state index is -0.623. The van der Waals surface area contributed by atoms with Crippen LogP contribution in [0.2, 0.25) is 0 Å². The number of nitrogens with one attached hydrogen (secondary N) is 1. The lowest BCUT2D eigenvalue weighted by Gasteiger charge is -2.13. The third-order valence-corrected chi connectivity index (χ3v) is 3.36. The Labute approximate surface area is 113 Å². The standard InChI is InChI=1S/C15H19N3O/c1-11-8-9-13(18(11)2)10-17-15(19)14(16)12-6-4-3-5-7-12/h3-9,14H,10,16H2,1-2H3,(H,17,19)/t14-/m1/s1. The Hall–Kier alpha value is -2.07. The van der Waals surface area contributed by atoms with Crippen molar-refractivity contribution in [3.05, 3.63) is 59.4 Å². The van der Waals surface area contributed by atoms with Gasteiger partial charge in [-0.15, -0.1) is 0 Å². The largest absolute Gasteiger partial charge is 0.350 e. The Morgan fingerprint density at radius 3 is 2.53 bits per heavy atom. The molecule has 0 fully saturated rings. The zero-order chi connectivity index (χ0) is 13.8. The van der Waals surface area contributed by atoms with Crippen molar-refractivity contribution in [2.45, 2.75) is 19.5 Å². The highest BCUT2D eigenvalue weighted by molar-refractivity contribution is 5.82. The maximum Gasteiger partial charge on any atom is 0.241 e. The van der Waals surface area contributed by atoms with Crippen LogP contribution in [-0.2, 0) is 18.4 Å². The highest BCUT2D eigenvalue weighted by Crippen LogP contribution is 2.10. The van der Waals surface area contributed by atoms with E-state index in [1.807, 2.05) is 61.0 Å². The van der Waals surface area contributed by atoms with Crippen molar-refractivity contribution in [2.75, 3.05) is 0 Å². The molecule has 1 aromatic carbocycles. The fourth-order valence-corrected chi connectivity index (χ4v) is 1.94. The Kier molecular flexibility index (Phi) is 4.02. The molecule has 1 amide bonds. The van der Waals surface area contributed by atoms with Gasteiger partial charge in [0.15, 0.2) is 0 Å². The highest BCUT2D eigenvalue weighted by Gasteiger charge is 2.15. The van der Waals surface area contributed by atoms with E-state index in [1.54, 1.807) is 0 Å². The van der Waals surface area contributed by atoms with Crippen LogP contribution >= 0.6 is 0 Å². The predicted molar refractivity (Wildman–Crippen MR) is 75.4 cm³/mol. The molecule has 0 bridgehead atoms. The Morgan fingerprint density at radius 1 is 1.26 bits per heavy atom. The summed E-state index contributed by atoms with van der Waals surface area (Å²) in [6.45, 7) is 2.52. The summed E-state index contributed by atoms with van der Waals surface area (Å²) in [5, 5.41) is 2.87. The van der Waals surface area contributed by atoms with Crippen molar-refractivity contribution < 1.29 is 4.79 Å². The van der Waals surface area contributed by atoms with Gasteiger partial charge in [0.2, 0.25) is 5.91 Å². The third-order valence-electron chi connectivity index (χ3n) is 3.36. The first-order chi connectivity index (χ1) is 9.09. The number of amides is 1. The monoisotopic (exact) mass is 257 g/mol. The molecule has 0 unspecified atom stereocenters. The number of aromatic nitrogens is 1. The molecule has 4 heteroatoms.